The molecule has 0 aliphatic carbocycles. The molecule has 0 bridgehead atoms. The molecule has 1 aromatic heterocycles. The number of carbonyl (C=O) groups excluding carboxylic acids is 1. The number of benzene rings is 1. The van der Waals surface area contributed by atoms with Crippen molar-refractivity contribution in [1.82, 2.24) is 14.7 Å². The second-order valence-corrected chi connectivity index (χ2v) is 6.05. The molecule has 2 heterocycles. The van der Waals surface area contributed by atoms with Gasteiger partial charge in [-0.05, 0) is 37.1 Å². The summed E-state index contributed by atoms with van der Waals surface area (Å²) in [6.07, 6.45) is 2.67. The maximum absolute atomic E-state index is 12.4. The van der Waals surface area contributed by atoms with Crippen LogP contribution in [0, 0.1) is 0 Å². The Morgan fingerprint density at radius 2 is 2.04 bits per heavy atom. The molecular weight excluding hydrogens is 328 g/mol. The molecule has 6 nitrogen and oxygen atoms in total. The molecule has 7 heteroatoms. The predicted octanol–water partition coefficient (Wildman–Crippen LogP) is 1.71. The van der Waals surface area contributed by atoms with E-state index in [1.165, 1.54) is 4.68 Å². The Balaban J connectivity index is 0.00000208. The smallest absolute Gasteiger partial charge is 0.271 e. The van der Waals surface area contributed by atoms with Gasteiger partial charge in [0.15, 0.2) is 0 Å². The summed E-state index contributed by atoms with van der Waals surface area (Å²) in [6.45, 7) is 3.38. The summed E-state index contributed by atoms with van der Waals surface area (Å²) in [5, 5.41) is 3.10. The molecule has 1 aliphatic rings. The number of H-pyrrole nitrogens is 1. The van der Waals surface area contributed by atoms with Gasteiger partial charge in [-0.15, -0.1) is 12.4 Å². The van der Waals surface area contributed by atoms with Gasteiger partial charge in [0.2, 0.25) is 0 Å². The number of nitrogens with one attached hydrogen (secondary N) is 1. The molecule has 130 valence electrons. The number of carbonyl (C=O) groups is 1. The first-order chi connectivity index (χ1) is 11.1. The molecule has 1 fully saturated rings. The summed E-state index contributed by atoms with van der Waals surface area (Å²) in [6, 6.07) is 8.79. The zero-order chi connectivity index (χ0) is 16.4. The second kappa shape index (κ2) is 7.68. The van der Waals surface area contributed by atoms with Crippen LogP contribution in [-0.2, 0) is 6.42 Å². The molecule has 0 spiro atoms. The number of aromatic amines is 1. The maximum atomic E-state index is 12.4. The summed E-state index contributed by atoms with van der Waals surface area (Å²) in [5.41, 5.74) is 8.03. The minimum Gasteiger partial charge on any atom is -0.337 e. The lowest BCUT2D eigenvalue weighted by Crippen LogP contribution is -2.31. The highest BCUT2D eigenvalue weighted by Gasteiger charge is 2.24. The van der Waals surface area contributed by atoms with Gasteiger partial charge in [0.05, 0.1) is 5.69 Å². The van der Waals surface area contributed by atoms with Crippen LogP contribution in [0.1, 0.15) is 35.8 Å². The lowest BCUT2D eigenvalue weighted by molar-refractivity contribution is 0.0791. The van der Waals surface area contributed by atoms with Gasteiger partial charge in [-0.1, -0.05) is 13.3 Å². The first kappa shape index (κ1) is 18.3. The first-order valence-electron chi connectivity index (χ1n) is 8.04. The molecule has 1 aliphatic heterocycles. The molecule has 1 saturated heterocycles. The van der Waals surface area contributed by atoms with Crippen LogP contribution in [0.4, 0.5) is 0 Å². The van der Waals surface area contributed by atoms with Gasteiger partial charge < -0.3 is 10.6 Å². The van der Waals surface area contributed by atoms with Gasteiger partial charge in [-0.3, -0.25) is 14.7 Å². The number of rotatable bonds is 4. The van der Waals surface area contributed by atoms with E-state index < -0.39 is 0 Å². The molecule has 1 aromatic carbocycles. The van der Waals surface area contributed by atoms with Crippen LogP contribution in [-0.4, -0.2) is 39.7 Å². The van der Waals surface area contributed by atoms with E-state index in [1.807, 2.05) is 0 Å². The SMILES string of the molecule is CCCc1cc(=O)n(-c2ccc(C(=O)N3CCC(N)C3)cc2)[nH]1.Cl. The third-order valence-corrected chi connectivity index (χ3v) is 4.18. The Bertz CT molecular complexity index is 751. The zero-order valence-electron chi connectivity index (χ0n) is 13.7. The number of nitrogens with two attached hydrogens (primary N) is 1. The average molecular weight is 351 g/mol. The molecule has 0 saturated carbocycles. The fourth-order valence-corrected chi connectivity index (χ4v) is 2.94. The first-order valence-corrected chi connectivity index (χ1v) is 8.04. The van der Waals surface area contributed by atoms with Gasteiger partial charge in [0.1, 0.15) is 0 Å². The normalized spacial score (nSPS) is 16.9. The van der Waals surface area contributed by atoms with E-state index in [1.54, 1.807) is 35.2 Å². The molecule has 1 atom stereocenters. The topological polar surface area (TPSA) is 84.1 Å². The van der Waals surface area contributed by atoms with Crippen LogP contribution < -0.4 is 11.3 Å². The van der Waals surface area contributed by atoms with Crippen LogP contribution in [0.3, 0.4) is 0 Å². The van der Waals surface area contributed by atoms with Gasteiger partial charge in [-0.2, -0.15) is 0 Å². The van der Waals surface area contributed by atoms with Crippen LogP contribution in [0.25, 0.3) is 5.69 Å². The standard InChI is InChI=1S/C17H22N4O2.ClH/c1-2-3-14-10-16(22)21(19-14)15-6-4-12(5-7-15)17(23)20-9-8-13(18)11-20;/h4-7,10,13,19H,2-3,8-9,11,18H2,1H3;1H. The van der Waals surface area contributed by atoms with Crippen molar-refractivity contribution in [3.8, 4) is 5.69 Å². The van der Waals surface area contributed by atoms with E-state index in [4.69, 9.17) is 5.73 Å². The van der Waals surface area contributed by atoms with Crippen LogP contribution >= 0.6 is 12.4 Å². The fraction of sp³-hybridized carbons (Fsp3) is 0.412. The summed E-state index contributed by atoms with van der Waals surface area (Å²) < 4.78 is 1.50. The maximum Gasteiger partial charge on any atom is 0.271 e. The molecule has 0 radical (unpaired) electrons. The molecule has 3 rings (SSSR count). The molecule has 1 amide bonds. The second-order valence-electron chi connectivity index (χ2n) is 6.05. The van der Waals surface area contributed by atoms with Crippen molar-refractivity contribution >= 4 is 18.3 Å². The quantitative estimate of drug-likeness (QED) is 0.880. The van der Waals surface area contributed by atoms with Crippen molar-refractivity contribution in [2.75, 3.05) is 13.1 Å². The summed E-state index contributed by atoms with van der Waals surface area (Å²) in [5.74, 6) is -0.00463. The predicted molar refractivity (Wildman–Crippen MR) is 96.1 cm³/mol. The number of nitrogens with zero attached hydrogens (tertiary/aromatic N) is 2. The number of likely N-dealkylation sites (tertiary alicyclic amines) is 1. The van der Waals surface area contributed by atoms with Crippen molar-refractivity contribution in [3.63, 3.8) is 0 Å². The molecule has 2 aromatic rings. The Labute approximate surface area is 147 Å². The van der Waals surface area contributed by atoms with Crippen LogP contribution in [0.15, 0.2) is 35.1 Å². The van der Waals surface area contributed by atoms with Gasteiger partial charge >= 0.3 is 0 Å². The van der Waals surface area contributed by atoms with E-state index in [0.717, 1.165) is 30.6 Å². The van der Waals surface area contributed by atoms with Crippen molar-refractivity contribution in [3.05, 3.63) is 51.9 Å². The molecule has 24 heavy (non-hydrogen) atoms. The van der Waals surface area contributed by atoms with E-state index in [2.05, 4.69) is 12.0 Å². The van der Waals surface area contributed by atoms with E-state index >= 15 is 0 Å². The fourth-order valence-electron chi connectivity index (χ4n) is 2.94. The Kier molecular flexibility index (Phi) is 5.85. The molecule has 3 N–H and O–H groups in total. The monoisotopic (exact) mass is 350 g/mol. The highest BCUT2D eigenvalue weighted by Crippen LogP contribution is 2.14. The Morgan fingerprint density at radius 1 is 1.33 bits per heavy atom. The largest absolute Gasteiger partial charge is 0.337 e. The van der Waals surface area contributed by atoms with Crippen LogP contribution in [0.2, 0.25) is 0 Å². The Morgan fingerprint density at radius 3 is 2.62 bits per heavy atom. The minimum atomic E-state index is -0.0851. The summed E-state index contributed by atoms with van der Waals surface area (Å²) >= 11 is 0. The van der Waals surface area contributed by atoms with E-state index in [-0.39, 0.29) is 29.9 Å². The lowest BCUT2D eigenvalue weighted by atomic mass is 10.2. The highest BCUT2D eigenvalue weighted by molar-refractivity contribution is 5.94. The van der Waals surface area contributed by atoms with Crippen molar-refractivity contribution in [2.24, 2.45) is 5.73 Å². The third kappa shape index (κ3) is 3.71. The number of aryl methyl sites for hydroxylation is 1. The van der Waals surface area contributed by atoms with Crippen molar-refractivity contribution in [1.29, 1.82) is 0 Å². The highest BCUT2D eigenvalue weighted by atomic mass is 35.5. The Hall–Kier alpha value is -2.05. The zero-order valence-corrected chi connectivity index (χ0v) is 14.5. The summed E-state index contributed by atoms with van der Waals surface area (Å²) in [7, 11) is 0. The third-order valence-electron chi connectivity index (χ3n) is 4.18. The van der Waals surface area contributed by atoms with E-state index in [9.17, 15) is 9.59 Å². The van der Waals surface area contributed by atoms with Crippen LogP contribution in [0.5, 0.6) is 0 Å². The average Bonchev–Trinajstić information content (AvgIpc) is 3.13. The minimum absolute atomic E-state index is 0. The number of hydrogen-bond donors (Lipinski definition) is 2. The number of halogens is 1. The molecular formula is C17H23ClN4O2. The van der Waals surface area contributed by atoms with Gasteiger partial charge in [0, 0.05) is 36.5 Å². The molecule has 1 unspecified atom stereocenters. The number of amides is 1. The van der Waals surface area contributed by atoms with Crippen molar-refractivity contribution < 1.29 is 4.79 Å². The number of aromatic nitrogens is 2. The van der Waals surface area contributed by atoms with Gasteiger partial charge in [0.25, 0.3) is 11.5 Å². The van der Waals surface area contributed by atoms with Crippen molar-refractivity contribution in [2.45, 2.75) is 32.2 Å². The number of hydrogen-bond acceptors (Lipinski definition) is 3. The van der Waals surface area contributed by atoms with Gasteiger partial charge in [-0.25, -0.2) is 4.68 Å². The lowest BCUT2D eigenvalue weighted by Gasteiger charge is -2.15. The summed E-state index contributed by atoms with van der Waals surface area (Å²) in [4.78, 5) is 26.2. The van der Waals surface area contributed by atoms with E-state index in [0.29, 0.717) is 18.7 Å².